The quantitative estimate of drug-likeness (QED) is 0.803. The zero-order valence-corrected chi connectivity index (χ0v) is 15.6. The largest absolute Gasteiger partial charge is 0.322 e. The molecular formula is C21H29N3. The summed E-state index contributed by atoms with van der Waals surface area (Å²) in [5.41, 5.74) is 23.8. The molecule has 2 aromatic rings. The predicted molar refractivity (Wildman–Crippen MR) is 105 cm³/mol. The van der Waals surface area contributed by atoms with Crippen LogP contribution in [0.1, 0.15) is 63.8 Å². The third-order valence-corrected chi connectivity index (χ3v) is 4.85. The third-order valence-electron chi connectivity index (χ3n) is 4.85. The van der Waals surface area contributed by atoms with E-state index in [4.69, 9.17) is 17.2 Å². The Morgan fingerprint density at radius 1 is 0.667 bits per heavy atom. The molecule has 3 heteroatoms. The number of hydrogen-bond donors (Lipinski definition) is 3. The monoisotopic (exact) mass is 323 g/mol. The van der Waals surface area contributed by atoms with E-state index in [1.54, 1.807) is 0 Å². The van der Waals surface area contributed by atoms with Gasteiger partial charge in [-0.05, 0) is 110 Å². The standard InChI is InChI=1S/C21H29N3/c1-19(2,22)14-7-12-8-15(20(3,4)23)11-16-17(21(5,6)24)10-13(9-14)18(12)16/h7-11H,22-24H2,1-6H3. The zero-order valence-electron chi connectivity index (χ0n) is 15.6. The third kappa shape index (κ3) is 2.77. The van der Waals surface area contributed by atoms with Gasteiger partial charge in [0.1, 0.15) is 0 Å². The SMILES string of the molecule is CC(C)(N)C1=Cc2cc(C(C)(C)N)cc3cc(C(C)(C)N)cc1c23. The molecule has 0 saturated carbocycles. The van der Waals surface area contributed by atoms with Gasteiger partial charge in [0.15, 0.2) is 0 Å². The first kappa shape index (κ1) is 17.2. The molecule has 2 aromatic carbocycles. The summed E-state index contributed by atoms with van der Waals surface area (Å²) in [6.07, 6.45) is 2.21. The molecule has 128 valence electrons. The fraction of sp³-hybridized carbons (Fsp3) is 0.429. The number of rotatable bonds is 3. The van der Waals surface area contributed by atoms with Crippen LogP contribution in [0.3, 0.4) is 0 Å². The van der Waals surface area contributed by atoms with Crippen molar-refractivity contribution >= 4 is 22.4 Å². The average molecular weight is 323 g/mol. The molecule has 1 aliphatic carbocycles. The van der Waals surface area contributed by atoms with Gasteiger partial charge < -0.3 is 17.2 Å². The Hall–Kier alpha value is -1.68. The molecule has 0 aliphatic heterocycles. The van der Waals surface area contributed by atoms with Crippen LogP contribution >= 0.6 is 0 Å². The lowest BCUT2D eigenvalue weighted by molar-refractivity contribution is 0.553. The summed E-state index contributed by atoms with van der Waals surface area (Å²) in [5.74, 6) is 0. The maximum atomic E-state index is 6.45. The van der Waals surface area contributed by atoms with Gasteiger partial charge in [0, 0.05) is 16.6 Å². The molecule has 0 unspecified atom stereocenters. The van der Waals surface area contributed by atoms with Crippen molar-refractivity contribution in [2.24, 2.45) is 17.2 Å². The Morgan fingerprint density at radius 3 is 1.62 bits per heavy atom. The van der Waals surface area contributed by atoms with E-state index in [9.17, 15) is 0 Å². The van der Waals surface area contributed by atoms with Crippen molar-refractivity contribution in [2.75, 3.05) is 0 Å². The van der Waals surface area contributed by atoms with Crippen molar-refractivity contribution in [1.82, 2.24) is 0 Å². The van der Waals surface area contributed by atoms with E-state index in [-0.39, 0.29) is 0 Å². The van der Waals surface area contributed by atoms with Crippen molar-refractivity contribution in [2.45, 2.75) is 58.2 Å². The van der Waals surface area contributed by atoms with Gasteiger partial charge in [-0.15, -0.1) is 0 Å². The highest BCUT2D eigenvalue weighted by molar-refractivity contribution is 6.11. The summed E-state index contributed by atoms with van der Waals surface area (Å²) >= 11 is 0. The van der Waals surface area contributed by atoms with Crippen molar-refractivity contribution in [1.29, 1.82) is 0 Å². The minimum atomic E-state index is -0.415. The summed E-state index contributed by atoms with van der Waals surface area (Å²) in [7, 11) is 0. The second-order valence-electron chi connectivity index (χ2n) is 8.91. The normalized spacial score (nSPS) is 15.1. The van der Waals surface area contributed by atoms with Crippen LogP contribution in [-0.2, 0) is 11.1 Å². The highest BCUT2D eigenvalue weighted by Crippen LogP contribution is 2.43. The molecule has 24 heavy (non-hydrogen) atoms. The first-order valence-electron chi connectivity index (χ1n) is 8.50. The van der Waals surface area contributed by atoms with E-state index in [2.05, 4.69) is 30.3 Å². The van der Waals surface area contributed by atoms with E-state index in [1.165, 1.54) is 21.9 Å². The first-order chi connectivity index (χ1) is 10.8. The molecule has 0 fully saturated rings. The van der Waals surface area contributed by atoms with Crippen LogP contribution in [0.25, 0.3) is 22.4 Å². The maximum Gasteiger partial charge on any atom is 0.0358 e. The number of hydrogen-bond acceptors (Lipinski definition) is 3. The molecule has 0 radical (unpaired) electrons. The van der Waals surface area contributed by atoms with E-state index in [0.29, 0.717) is 0 Å². The average Bonchev–Trinajstić information content (AvgIpc) is 2.76. The molecule has 0 atom stereocenters. The molecule has 0 spiro atoms. The molecule has 0 saturated heterocycles. The van der Waals surface area contributed by atoms with Gasteiger partial charge in [-0.3, -0.25) is 0 Å². The summed E-state index contributed by atoms with van der Waals surface area (Å²) in [4.78, 5) is 0. The molecule has 0 amide bonds. The van der Waals surface area contributed by atoms with Crippen molar-refractivity contribution in [3.63, 3.8) is 0 Å². The van der Waals surface area contributed by atoms with Crippen molar-refractivity contribution < 1.29 is 0 Å². The van der Waals surface area contributed by atoms with Crippen LogP contribution in [0, 0.1) is 0 Å². The molecule has 3 nitrogen and oxygen atoms in total. The summed E-state index contributed by atoms with van der Waals surface area (Å²) in [6.45, 7) is 12.2. The Labute approximate surface area is 144 Å². The first-order valence-corrected chi connectivity index (χ1v) is 8.50. The van der Waals surface area contributed by atoms with E-state index in [1.807, 2.05) is 41.5 Å². The topological polar surface area (TPSA) is 78.1 Å². The van der Waals surface area contributed by atoms with Crippen molar-refractivity contribution in [3.05, 3.63) is 46.5 Å². The van der Waals surface area contributed by atoms with Crippen LogP contribution in [0.5, 0.6) is 0 Å². The fourth-order valence-electron chi connectivity index (χ4n) is 3.39. The van der Waals surface area contributed by atoms with Gasteiger partial charge in [0.25, 0.3) is 0 Å². The summed E-state index contributed by atoms with van der Waals surface area (Å²) < 4.78 is 0. The lowest BCUT2D eigenvalue weighted by Gasteiger charge is -2.25. The minimum absolute atomic E-state index is 0.395. The van der Waals surface area contributed by atoms with Gasteiger partial charge in [-0.2, -0.15) is 0 Å². The Kier molecular flexibility index (Phi) is 3.51. The lowest BCUT2D eigenvalue weighted by atomic mass is 9.84. The number of nitrogens with two attached hydrogens (primary N) is 3. The van der Waals surface area contributed by atoms with Crippen LogP contribution in [0.15, 0.2) is 24.3 Å². The Morgan fingerprint density at radius 2 is 1.17 bits per heavy atom. The number of benzene rings is 2. The molecular weight excluding hydrogens is 294 g/mol. The smallest absolute Gasteiger partial charge is 0.0358 e. The highest BCUT2D eigenvalue weighted by Gasteiger charge is 2.29. The summed E-state index contributed by atoms with van der Waals surface area (Å²) in [5, 5.41) is 2.44. The molecule has 1 aliphatic rings. The van der Waals surface area contributed by atoms with Crippen LogP contribution < -0.4 is 17.2 Å². The highest BCUT2D eigenvalue weighted by atomic mass is 14.7. The van der Waals surface area contributed by atoms with Crippen LogP contribution in [-0.4, -0.2) is 5.54 Å². The molecule has 0 heterocycles. The van der Waals surface area contributed by atoms with Crippen LogP contribution in [0.2, 0.25) is 0 Å². The van der Waals surface area contributed by atoms with Gasteiger partial charge >= 0.3 is 0 Å². The molecule has 0 bridgehead atoms. The minimum Gasteiger partial charge on any atom is -0.322 e. The van der Waals surface area contributed by atoms with E-state index >= 15 is 0 Å². The maximum absolute atomic E-state index is 6.45. The molecule has 3 rings (SSSR count). The summed E-state index contributed by atoms with van der Waals surface area (Å²) in [6, 6.07) is 8.78. The van der Waals surface area contributed by atoms with Gasteiger partial charge in [0.2, 0.25) is 0 Å². The van der Waals surface area contributed by atoms with E-state index in [0.717, 1.165) is 16.7 Å². The fourth-order valence-corrected chi connectivity index (χ4v) is 3.39. The van der Waals surface area contributed by atoms with Gasteiger partial charge in [-0.1, -0.05) is 0 Å². The van der Waals surface area contributed by atoms with Crippen LogP contribution in [0.4, 0.5) is 0 Å². The molecule has 6 N–H and O–H groups in total. The Balaban J connectivity index is 2.40. The predicted octanol–water partition coefficient (Wildman–Crippen LogP) is 3.82. The van der Waals surface area contributed by atoms with Gasteiger partial charge in [0.05, 0.1) is 0 Å². The van der Waals surface area contributed by atoms with Crippen molar-refractivity contribution in [3.8, 4) is 0 Å². The molecule has 0 aromatic heterocycles. The second kappa shape index (κ2) is 4.92. The van der Waals surface area contributed by atoms with Gasteiger partial charge in [-0.25, -0.2) is 0 Å². The zero-order chi connectivity index (χ0) is 18.1. The Bertz CT molecular complexity index is 848. The van der Waals surface area contributed by atoms with E-state index < -0.39 is 16.6 Å². The second-order valence-corrected chi connectivity index (χ2v) is 8.91. The lowest BCUT2D eigenvalue weighted by Crippen LogP contribution is -2.33.